The quantitative estimate of drug-likeness (QED) is 0.684. The molecule has 0 bridgehead atoms. The van der Waals surface area contributed by atoms with Crippen molar-refractivity contribution < 1.29 is 35.9 Å². The Morgan fingerprint density at radius 2 is 1.74 bits per heavy atom. The molecule has 14 heteroatoms. The predicted octanol–water partition coefficient (Wildman–Crippen LogP) is 4.50. The summed E-state index contributed by atoms with van der Waals surface area (Å²) in [7, 11) is 0. The highest BCUT2D eigenvalue weighted by atomic mass is 35.5. The Kier molecular flexibility index (Phi) is 5.65. The van der Waals surface area contributed by atoms with E-state index in [4.69, 9.17) is 11.6 Å². The van der Waals surface area contributed by atoms with E-state index in [0.717, 1.165) is 0 Å². The number of anilines is 1. The highest BCUT2D eigenvalue weighted by molar-refractivity contribution is 7.08. The molecule has 146 valence electrons. The molecule has 3 amide bonds. The Balaban J connectivity index is 2.33. The number of hydrogen-bond acceptors (Lipinski definition) is 5. The van der Waals surface area contributed by atoms with Crippen LogP contribution >= 0.6 is 23.1 Å². The second kappa shape index (κ2) is 7.31. The Labute approximate surface area is 155 Å². The van der Waals surface area contributed by atoms with Crippen LogP contribution in [-0.2, 0) is 12.4 Å². The van der Waals surface area contributed by atoms with Crippen molar-refractivity contribution in [1.29, 1.82) is 0 Å². The van der Waals surface area contributed by atoms with Gasteiger partial charge in [-0.15, -0.1) is 5.10 Å². The van der Waals surface area contributed by atoms with E-state index in [1.807, 2.05) is 0 Å². The number of urea groups is 1. The molecule has 0 unspecified atom stereocenters. The molecule has 27 heavy (non-hydrogen) atoms. The van der Waals surface area contributed by atoms with Crippen LogP contribution < -0.4 is 10.6 Å². The van der Waals surface area contributed by atoms with Crippen LogP contribution in [0.5, 0.6) is 0 Å². The van der Waals surface area contributed by atoms with E-state index in [1.54, 1.807) is 10.6 Å². The van der Waals surface area contributed by atoms with Crippen molar-refractivity contribution in [3.8, 4) is 0 Å². The van der Waals surface area contributed by atoms with Gasteiger partial charge in [-0.05, 0) is 30.6 Å². The molecule has 0 saturated carbocycles. The first kappa shape index (κ1) is 20.9. The second-order valence-electron chi connectivity index (χ2n) is 4.98. The molecular weight excluding hydrogens is 426 g/mol. The number of halogens is 7. The fourth-order valence-electron chi connectivity index (χ4n) is 1.84. The number of nitrogens with one attached hydrogen (secondary N) is 2. The molecule has 0 aliphatic rings. The van der Waals surface area contributed by atoms with Gasteiger partial charge in [0, 0.05) is 0 Å². The number of aromatic nitrogens is 2. The van der Waals surface area contributed by atoms with Crippen molar-refractivity contribution >= 4 is 40.8 Å². The molecule has 0 fully saturated rings. The van der Waals surface area contributed by atoms with Crippen molar-refractivity contribution in [3.63, 3.8) is 0 Å². The van der Waals surface area contributed by atoms with Crippen LogP contribution in [0, 0.1) is 6.92 Å². The number of hydrogen-bond donors (Lipinski definition) is 2. The standard InChI is InChI=1S/C13H7ClF6N4O2S/c1-4-9(27-24-23-4)10(25)22-11(26)21-7-3-5(12(15,16)17)2-6(8(7)14)13(18,19)20/h2-3H,1H3,(H2,21,22,25,26). The van der Waals surface area contributed by atoms with Crippen molar-refractivity contribution in [2.45, 2.75) is 19.3 Å². The molecule has 1 heterocycles. The molecule has 0 spiro atoms. The van der Waals surface area contributed by atoms with E-state index >= 15 is 0 Å². The summed E-state index contributed by atoms with van der Waals surface area (Å²) in [4.78, 5) is 23.6. The number of aryl methyl sites for hydroxylation is 1. The smallest absolute Gasteiger partial charge is 0.306 e. The lowest BCUT2D eigenvalue weighted by molar-refractivity contribution is -0.142. The van der Waals surface area contributed by atoms with Crippen molar-refractivity contribution in [1.82, 2.24) is 14.9 Å². The summed E-state index contributed by atoms with van der Waals surface area (Å²) in [6.07, 6.45) is -10.3. The van der Waals surface area contributed by atoms with Crippen molar-refractivity contribution in [3.05, 3.63) is 38.9 Å². The first-order chi connectivity index (χ1) is 12.3. The zero-order valence-corrected chi connectivity index (χ0v) is 14.5. The third-order valence-electron chi connectivity index (χ3n) is 3.04. The maximum absolute atomic E-state index is 12.9. The van der Waals surface area contributed by atoms with Crippen molar-refractivity contribution in [2.75, 3.05) is 5.32 Å². The first-order valence-electron chi connectivity index (χ1n) is 6.70. The van der Waals surface area contributed by atoms with Crippen LogP contribution in [0.4, 0.5) is 36.8 Å². The monoisotopic (exact) mass is 432 g/mol. The summed E-state index contributed by atoms with van der Waals surface area (Å²) in [5.41, 5.74) is -4.25. The van der Waals surface area contributed by atoms with E-state index in [0.29, 0.717) is 11.5 Å². The normalized spacial score (nSPS) is 12.0. The van der Waals surface area contributed by atoms with Gasteiger partial charge in [0.2, 0.25) is 0 Å². The highest BCUT2D eigenvalue weighted by Gasteiger charge is 2.39. The van der Waals surface area contributed by atoms with E-state index < -0.39 is 46.1 Å². The van der Waals surface area contributed by atoms with E-state index in [2.05, 4.69) is 9.59 Å². The molecule has 1 aromatic heterocycles. The summed E-state index contributed by atoms with van der Waals surface area (Å²) in [5, 5.41) is 5.81. The number of rotatable bonds is 2. The van der Waals surface area contributed by atoms with Crippen LogP contribution in [0.1, 0.15) is 26.5 Å². The maximum atomic E-state index is 12.9. The molecule has 2 N–H and O–H groups in total. The minimum Gasteiger partial charge on any atom is -0.306 e. The van der Waals surface area contributed by atoms with Gasteiger partial charge in [-0.25, -0.2) is 4.79 Å². The lowest BCUT2D eigenvalue weighted by Crippen LogP contribution is -2.34. The zero-order valence-electron chi connectivity index (χ0n) is 12.9. The molecule has 0 radical (unpaired) electrons. The van der Waals surface area contributed by atoms with Gasteiger partial charge < -0.3 is 5.32 Å². The lowest BCUT2D eigenvalue weighted by Gasteiger charge is -2.17. The summed E-state index contributed by atoms with van der Waals surface area (Å²) in [5.74, 6) is -0.987. The lowest BCUT2D eigenvalue weighted by atomic mass is 10.1. The van der Waals surface area contributed by atoms with E-state index in [1.165, 1.54) is 6.92 Å². The molecule has 0 aliphatic carbocycles. The number of imide groups is 1. The van der Waals surface area contributed by atoms with Gasteiger partial charge in [-0.3, -0.25) is 10.1 Å². The van der Waals surface area contributed by atoms with Gasteiger partial charge in [0.25, 0.3) is 5.91 Å². The van der Waals surface area contributed by atoms with Crippen LogP contribution in [0.15, 0.2) is 12.1 Å². The average Bonchev–Trinajstić information content (AvgIpc) is 2.93. The summed E-state index contributed by atoms with van der Waals surface area (Å²) in [6, 6.07) is -1.34. The number of carbonyl (C=O) groups is 2. The summed E-state index contributed by atoms with van der Waals surface area (Å²) < 4.78 is 80.8. The fourth-order valence-corrected chi connectivity index (χ4v) is 2.65. The van der Waals surface area contributed by atoms with Crippen LogP contribution in [0.3, 0.4) is 0 Å². The molecule has 2 aromatic rings. The average molecular weight is 433 g/mol. The second-order valence-corrected chi connectivity index (χ2v) is 6.11. The summed E-state index contributed by atoms with van der Waals surface area (Å²) >= 11 is 6.13. The van der Waals surface area contributed by atoms with Gasteiger partial charge in [-0.1, -0.05) is 16.1 Å². The topological polar surface area (TPSA) is 84.0 Å². The molecule has 0 atom stereocenters. The number of nitrogens with zero attached hydrogens (tertiary/aromatic N) is 2. The molecule has 2 rings (SSSR count). The number of amides is 3. The Bertz CT molecular complexity index is 896. The van der Waals surface area contributed by atoms with Crippen LogP contribution in [0.2, 0.25) is 5.02 Å². The molecule has 1 aromatic carbocycles. The third-order valence-corrected chi connectivity index (χ3v) is 4.27. The van der Waals surface area contributed by atoms with Gasteiger partial charge in [0.15, 0.2) is 0 Å². The van der Waals surface area contributed by atoms with Crippen LogP contribution in [-0.4, -0.2) is 21.5 Å². The number of alkyl halides is 6. The van der Waals surface area contributed by atoms with Gasteiger partial charge in [-0.2, -0.15) is 26.3 Å². The SMILES string of the molecule is Cc1nnsc1C(=O)NC(=O)Nc1cc(C(F)(F)F)cc(C(F)(F)F)c1Cl. The zero-order chi connectivity index (χ0) is 20.6. The predicted molar refractivity (Wildman–Crippen MR) is 82.6 cm³/mol. The van der Waals surface area contributed by atoms with E-state index in [-0.39, 0.29) is 22.7 Å². The Morgan fingerprint density at radius 3 is 2.22 bits per heavy atom. The number of benzene rings is 1. The summed E-state index contributed by atoms with van der Waals surface area (Å²) in [6.45, 7) is 1.41. The maximum Gasteiger partial charge on any atom is 0.417 e. The fraction of sp³-hybridized carbons (Fsp3) is 0.231. The van der Waals surface area contributed by atoms with E-state index in [9.17, 15) is 35.9 Å². The highest BCUT2D eigenvalue weighted by Crippen LogP contribution is 2.42. The molecule has 0 aliphatic heterocycles. The van der Waals surface area contributed by atoms with Gasteiger partial charge in [0.1, 0.15) is 4.88 Å². The Hall–Kier alpha value is -2.41. The minimum atomic E-state index is -5.20. The molecular formula is C13H7ClF6N4O2S. The first-order valence-corrected chi connectivity index (χ1v) is 7.85. The van der Waals surface area contributed by atoms with Gasteiger partial charge in [0.05, 0.1) is 27.5 Å². The number of carbonyl (C=O) groups excluding carboxylic acids is 2. The molecule has 0 saturated heterocycles. The minimum absolute atomic E-state index is 0.0590. The van der Waals surface area contributed by atoms with Crippen LogP contribution in [0.25, 0.3) is 0 Å². The largest absolute Gasteiger partial charge is 0.417 e. The third kappa shape index (κ3) is 4.86. The van der Waals surface area contributed by atoms with Crippen molar-refractivity contribution in [2.24, 2.45) is 0 Å². The Morgan fingerprint density at radius 1 is 1.11 bits per heavy atom. The molecule has 6 nitrogen and oxygen atoms in total. The van der Waals surface area contributed by atoms with Gasteiger partial charge >= 0.3 is 18.4 Å².